The number of nitrogens with one attached hydrogen (secondary N) is 1. The Balaban J connectivity index is 2.09. The zero-order valence-corrected chi connectivity index (χ0v) is 13.3. The maximum absolute atomic E-state index is 4.47. The van der Waals surface area contributed by atoms with E-state index in [1.54, 1.807) is 0 Å². The molecular weight excluding hydrogens is 248 g/mol. The third-order valence-corrected chi connectivity index (χ3v) is 3.87. The van der Waals surface area contributed by atoms with Gasteiger partial charge >= 0.3 is 0 Å². The van der Waals surface area contributed by atoms with E-state index in [4.69, 9.17) is 0 Å². The second-order valence-corrected chi connectivity index (χ2v) is 6.20. The smallest absolute Gasteiger partial charge is 0.0562 e. The summed E-state index contributed by atoms with van der Waals surface area (Å²) in [5, 5.41) is 3.43. The third-order valence-electron chi connectivity index (χ3n) is 3.87. The van der Waals surface area contributed by atoms with Crippen molar-refractivity contribution in [2.75, 3.05) is 31.6 Å². The summed E-state index contributed by atoms with van der Waals surface area (Å²) in [5.74, 6) is 0. The zero-order valence-electron chi connectivity index (χ0n) is 13.3. The van der Waals surface area contributed by atoms with Crippen LogP contribution >= 0.6 is 0 Å². The lowest BCUT2D eigenvalue weighted by atomic mass is 10.2. The van der Waals surface area contributed by atoms with Gasteiger partial charge < -0.3 is 15.1 Å². The number of rotatable bonds is 4. The van der Waals surface area contributed by atoms with Crippen LogP contribution in [0.1, 0.15) is 32.9 Å². The van der Waals surface area contributed by atoms with Gasteiger partial charge in [-0.1, -0.05) is 13.8 Å². The molecule has 0 radical (unpaired) electrons. The number of pyridine rings is 1. The molecule has 20 heavy (non-hydrogen) atoms. The summed E-state index contributed by atoms with van der Waals surface area (Å²) in [4.78, 5) is 9.41. The van der Waals surface area contributed by atoms with Crippen LogP contribution in [-0.2, 0) is 6.54 Å². The van der Waals surface area contributed by atoms with Gasteiger partial charge in [-0.15, -0.1) is 0 Å². The molecule has 1 aromatic heterocycles. The van der Waals surface area contributed by atoms with Gasteiger partial charge in [-0.05, 0) is 39.1 Å². The average molecular weight is 276 g/mol. The molecule has 1 aromatic rings. The Labute approximate surface area is 123 Å². The van der Waals surface area contributed by atoms with Crippen molar-refractivity contribution < 1.29 is 0 Å². The van der Waals surface area contributed by atoms with Gasteiger partial charge in [0, 0.05) is 43.6 Å². The van der Waals surface area contributed by atoms with Crippen molar-refractivity contribution in [3.05, 3.63) is 24.0 Å². The Morgan fingerprint density at radius 2 is 2.20 bits per heavy atom. The number of nitrogens with zero attached hydrogens (tertiary/aromatic N) is 3. The van der Waals surface area contributed by atoms with Crippen molar-refractivity contribution in [3.8, 4) is 0 Å². The molecule has 0 aromatic carbocycles. The molecule has 0 saturated carbocycles. The highest BCUT2D eigenvalue weighted by Gasteiger charge is 2.20. The van der Waals surface area contributed by atoms with E-state index in [-0.39, 0.29) is 0 Å². The van der Waals surface area contributed by atoms with E-state index in [1.165, 1.54) is 18.7 Å². The van der Waals surface area contributed by atoms with Crippen LogP contribution in [0, 0.1) is 0 Å². The molecule has 112 valence electrons. The maximum Gasteiger partial charge on any atom is 0.0562 e. The fourth-order valence-electron chi connectivity index (χ4n) is 2.81. The van der Waals surface area contributed by atoms with Gasteiger partial charge in [0.05, 0.1) is 5.69 Å². The summed E-state index contributed by atoms with van der Waals surface area (Å²) >= 11 is 0. The van der Waals surface area contributed by atoms with E-state index in [2.05, 4.69) is 60.1 Å². The van der Waals surface area contributed by atoms with Crippen LogP contribution in [-0.4, -0.2) is 48.6 Å². The second-order valence-electron chi connectivity index (χ2n) is 6.20. The fraction of sp³-hybridized carbons (Fsp3) is 0.688. The Bertz CT molecular complexity index is 419. The van der Waals surface area contributed by atoms with E-state index < -0.39 is 0 Å². The minimum atomic E-state index is 0.492. The predicted octanol–water partition coefficient (Wildman–Crippen LogP) is 2.11. The lowest BCUT2D eigenvalue weighted by Gasteiger charge is -2.30. The SMILES string of the molecule is CC(C)NCc1cc(N2CCCN(C)CC2C)ccn1. The summed E-state index contributed by atoms with van der Waals surface area (Å²) in [5.41, 5.74) is 2.43. The molecule has 2 heterocycles. The fourth-order valence-corrected chi connectivity index (χ4v) is 2.81. The lowest BCUT2D eigenvalue weighted by molar-refractivity contribution is 0.337. The molecule has 1 aliphatic heterocycles. The normalized spacial score (nSPS) is 21.2. The van der Waals surface area contributed by atoms with Gasteiger partial charge in [0.2, 0.25) is 0 Å². The van der Waals surface area contributed by atoms with Crippen LogP contribution < -0.4 is 10.2 Å². The van der Waals surface area contributed by atoms with Crippen molar-refractivity contribution >= 4 is 5.69 Å². The first kappa shape index (κ1) is 15.3. The minimum Gasteiger partial charge on any atom is -0.367 e. The van der Waals surface area contributed by atoms with Crippen molar-refractivity contribution in [1.29, 1.82) is 0 Å². The molecular formula is C16H28N4. The monoisotopic (exact) mass is 276 g/mol. The molecule has 0 bridgehead atoms. The van der Waals surface area contributed by atoms with E-state index in [1.807, 2.05) is 6.20 Å². The first-order valence-corrected chi connectivity index (χ1v) is 7.69. The molecule has 2 rings (SSSR count). The van der Waals surface area contributed by atoms with Crippen LogP contribution in [0.15, 0.2) is 18.3 Å². The number of anilines is 1. The summed E-state index contributed by atoms with van der Waals surface area (Å²) in [6.07, 6.45) is 3.16. The van der Waals surface area contributed by atoms with Crippen LogP contribution in [0.5, 0.6) is 0 Å². The number of hydrogen-bond donors (Lipinski definition) is 1. The number of hydrogen-bond acceptors (Lipinski definition) is 4. The molecule has 0 spiro atoms. The van der Waals surface area contributed by atoms with Gasteiger partial charge in [-0.25, -0.2) is 0 Å². The average Bonchev–Trinajstić information content (AvgIpc) is 2.57. The molecule has 1 fully saturated rings. The zero-order chi connectivity index (χ0) is 14.5. The Kier molecular flexibility index (Phi) is 5.38. The van der Waals surface area contributed by atoms with Crippen LogP contribution in [0.3, 0.4) is 0 Å². The highest BCUT2D eigenvalue weighted by Crippen LogP contribution is 2.20. The highest BCUT2D eigenvalue weighted by atomic mass is 15.2. The Hall–Kier alpha value is -1.13. The summed E-state index contributed by atoms with van der Waals surface area (Å²) < 4.78 is 0. The standard InChI is InChI=1S/C16H28N4/c1-13(2)18-11-15-10-16(6-7-17-15)20-9-5-8-19(4)12-14(20)3/h6-7,10,13-14,18H,5,8-9,11-12H2,1-4H3. The van der Waals surface area contributed by atoms with E-state index in [9.17, 15) is 0 Å². The summed E-state index contributed by atoms with van der Waals surface area (Å²) in [7, 11) is 2.21. The molecule has 1 saturated heterocycles. The second kappa shape index (κ2) is 7.04. The Morgan fingerprint density at radius 3 is 2.95 bits per heavy atom. The first-order chi connectivity index (χ1) is 9.56. The quantitative estimate of drug-likeness (QED) is 0.912. The third kappa shape index (κ3) is 4.18. The summed E-state index contributed by atoms with van der Waals surface area (Å²) in [6, 6.07) is 5.42. The molecule has 1 N–H and O–H groups in total. The lowest BCUT2D eigenvalue weighted by Crippen LogP contribution is -2.38. The number of aromatic nitrogens is 1. The van der Waals surface area contributed by atoms with Crippen molar-refractivity contribution in [2.45, 2.75) is 45.8 Å². The van der Waals surface area contributed by atoms with E-state index in [0.717, 1.165) is 25.3 Å². The van der Waals surface area contributed by atoms with E-state index in [0.29, 0.717) is 12.1 Å². The summed E-state index contributed by atoms with van der Waals surface area (Å²) in [6.45, 7) is 10.9. The topological polar surface area (TPSA) is 31.4 Å². The number of likely N-dealkylation sites (N-methyl/N-ethyl adjacent to an activating group) is 1. The molecule has 4 nitrogen and oxygen atoms in total. The molecule has 0 aliphatic carbocycles. The van der Waals surface area contributed by atoms with Gasteiger partial charge in [-0.3, -0.25) is 4.98 Å². The maximum atomic E-state index is 4.47. The van der Waals surface area contributed by atoms with Gasteiger partial charge in [-0.2, -0.15) is 0 Å². The van der Waals surface area contributed by atoms with E-state index >= 15 is 0 Å². The molecule has 4 heteroatoms. The highest BCUT2D eigenvalue weighted by molar-refractivity contribution is 5.47. The molecule has 1 unspecified atom stereocenters. The van der Waals surface area contributed by atoms with Crippen molar-refractivity contribution in [3.63, 3.8) is 0 Å². The molecule has 0 amide bonds. The predicted molar refractivity (Wildman–Crippen MR) is 85.1 cm³/mol. The Morgan fingerprint density at radius 1 is 1.40 bits per heavy atom. The van der Waals surface area contributed by atoms with Crippen molar-refractivity contribution in [2.24, 2.45) is 0 Å². The van der Waals surface area contributed by atoms with Gasteiger partial charge in [0.25, 0.3) is 0 Å². The molecule has 1 atom stereocenters. The van der Waals surface area contributed by atoms with Crippen molar-refractivity contribution in [1.82, 2.24) is 15.2 Å². The van der Waals surface area contributed by atoms with Crippen LogP contribution in [0.4, 0.5) is 5.69 Å². The van der Waals surface area contributed by atoms with Crippen LogP contribution in [0.25, 0.3) is 0 Å². The van der Waals surface area contributed by atoms with Gasteiger partial charge in [0.1, 0.15) is 0 Å². The van der Waals surface area contributed by atoms with Crippen LogP contribution in [0.2, 0.25) is 0 Å². The molecule has 1 aliphatic rings. The first-order valence-electron chi connectivity index (χ1n) is 7.69. The van der Waals surface area contributed by atoms with Gasteiger partial charge in [0.15, 0.2) is 0 Å². The minimum absolute atomic E-state index is 0.492. The largest absolute Gasteiger partial charge is 0.367 e.